The molecule has 0 bridgehead atoms. The number of nitrogens with one attached hydrogen (secondary N) is 2. The van der Waals surface area contributed by atoms with Gasteiger partial charge in [-0.2, -0.15) is 18.3 Å². The molecule has 1 spiro atoms. The second-order valence-electron chi connectivity index (χ2n) is 20.0. The average Bonchev–Trinajstić information content (AvgIpc) is 3.97. The van der Waals surface area contributed by atoms with E-state index in [2.05, 4.69) is 30.3 Å². The van der Waals surface area contributed by atoms with Gasteiger partial charge in [0.25, 0.3) is 5.91 Å². The quantitative estimate of drug-likeness (QED) is 0.157. The number of aryl methyl sites for hydroxylation is 1. The van der Waals surface area contributed by atoms with Gasteiger partial charge in [-0.05, 0) is 101 Å². The highest BCUT2D eigenvalue weighted by atomic mass is 19.4. The molecule has 7 heterocycles. The van der Waals surface area contributed by atoms with Crippen LogP contribution in [0.15, 0.2) is 59.5 Å². The number of piperazine rings is 1. The first-order valence-electron chi connectivity index (χ1n) is 23.4. The molecule has 10 rings (SSSR count). The van der Waals surface area contributed by atoms with E-state index in [1.807, 2.05) is 29.1 Å². The molecule has 3 N–H and O–H groups in total. The summed E-state index contributed by atoms with van der Waals surface area (Å²) in [6.07, 6.45) is 2.87. The minimum Gasteiger partial charge on any atom is -0.386 e. The van der Waals surface area contributed by atoms with Gasteiger partial charge >= 0.3 is 11.9 Å². The van der Waals surface area contributed by atoms with Crippen molar-refractivity contribution in [3.05, 3.63) is 82.2 Å². The Hall–Kier alpha value is -5.63. The maximum absolute atomic E-state index is 13.5. The molecule has 16 nitrogen and oxygen atoms in total. The first-order chi connectivity index (χ1) is 31.9. The molecule has 5 aliphatic rings. The fourth-order valence-corrected chi connectivity index (χ4v) is 11.4. The number of halogens is 3. The second kappa shape index (κ2) is 17.2. The van der Waals surface area contributed by atoms with E-state index in [-0.39, 0.29) is 41.0 Å². The van der Waals surface area contributed by atoms with Gasteiger partial charge in [0.1, 0.15) is 17.4 Å². The molecule has 2 aromatic carbocycles. The van der Waals surface area contributed by atoms with Gasteiger partial charge in [0.2, 0.25) is 11.8 Å². The summed E-state index contributed by atoms with van der Waals surface area (Å²) in [4.78, 5) is 62.1. The topological polar surface area (TPSA) is 172 Å². The fourth-order valence-electron chi connectivity index (χ4n) is 11.4. The van der Waals surface area contributed by atoms with E-state index in [0.29, 0.717) is 34.9 Å². The third-order valence-corrected chi connectivity index (χ3v) is 14.7. The number of imide groups is 1. The van der Waals surface area contributed by atoms with Crippen LogP contribution in [0.25, 0.3) is 21.9 Å². The first kappa shape index (κ1) is 45.2. The highest BCUT2D eigenvalue weighted by molar-refractivity contribution is 6.04. The third-order valence-electron chi connectivity index (χ3n) is 14.7. The lowest BCUT2D eigenvalue weighted by molar-refractivity contribution is -0.141. The van der Waals surface area contributed by atoms with Crippen LogP contribution in [0.3, 0.4) is 0 Å². The molecule has 2 unspecified atom stereocenters. The third kappa shape index (κ3) is 8.86. The number of hydrogen-bond acceptors (Lipinski definition) is 11. The number of amides is 3. The van der Waals surface area contributed by atoms with E-state index in [4.69, 9.17) is 9.84 Å². The van der Waals surface area contributed by atoms with Crippen LogP contribution in [0.5, 0.6) is 0 Å². The Labute approximate surface area is 385 Å². The maximum Gasteiger partial charge on any atom is 0.433 e. The summed E-state index contributed by atoms with van der Waals surface area (Å²) >= 11 is 0. The SMILES string of the molecule is Cn1c(=O)n(C2CCC(=O)NC2=O)c2cccc(N3CCN(CC4COC5(C4)CN(C[C@H]4CC[C@H](n6cc7cc(NC(=O)c8cccc(C(F)(F)F)n8)c(C(C)(C)O)cc7n6)CC4)C5)CC3)c21. The van der Waals surface area contributed by atoms with Gasteiger partial charge in [0.05, 0.1) is 46.1 Å². The molecule has 4 saturated heterocycles. The Morgan fingerprint density at radius 2 is 1.67 bits per heavy atom. The summed E-state index contributed by atoms with van der Waals surface area (Å²) in [5.41, 5.74) is 0.549. The minimum absolute atomic E-state index is 0.0705. The van der Waals surface area contributed by atoms with Gasteiger partial charge in [-0.15, -0.1) is 0 Å². The number of pyridine rings is 1. The van der Waals surface area contributed by atoms with Crippen LogP contribution in [-0.4, -0.2) is 121 Å². The number of aromatic nitrogens is 5. The predicted molar refractivity (Wildman–Crippen MR) is 244 cm³/mol. The molecule has 1 aliphatic carbocycles. The molecule has 4 aliphatic heterocycles. The fraction of sp³-hybridized carbons (Fsp3) is 0.542. The number of alkyl halides is 3. The number of rotatable bonds is 10. The van der Waals surface area contributed by atoms with E-state index >= 15 is 0 Å². The van der Waals surface area contributed by atoms with Gasteiger partial charge in [-0.25, -0.2) is 9.78 Å². The van der Waals surface area contributed by atoms with Crippen molar-refractivity contribution in [3.8, 4) is 0 Å². The summed E-state index contributed by atoms with van der Waals surface area (Å²) in [6, 6.07) is 12.0. The van der Waals surface area contributed by atoms with Gasteiger partial charge < -0.3 is 20.1 Å². The van der Waals surface area contributed by atoms with Gasteiger partial charge in [-0.1, -0.05) is 12.1 Å². The summed E-state index contributed by atoms with van der Waals surface area (Å²) in [6.45, 7) is 11.3. The average molecular weight is 927 g/mol. The minimum atomic E-state index is -4.69. The molecule has 2 atom stereocenters. The molecule has 19 heteroatoms. The molecule has 1 saturated carbocycles. The van der Waals surface area contributed by atoms with Crippen LogP contribution >= 0.6 is 0 Å². The number of piperidine rings is 1. The van der Waals surface area contributed by atoms with Crippen molar-refractivity contribution in [2.45, 2.75) is 88.3 Å². The number of anilines is 2. The molecule has 5 fully saturated rings. The Morgan fingerprint density at radius 1 is 0.940 bits per heavy atom. The Bertz CT molecular complexity index is 2790. The van der Waals surface area contributed by atoms with Gasteiger partial charge in [0.15, 0.2) is 0 Å². The molecule has 5 aromatic rings. The summed E-state index contributed by atoms with van der Waals surface area (Å²) in [5.74, 6) is -0.511. The van der Waals surface area contributed by atoms with Gasteiger partial charge in [-0.3, -0.25) is 43.3 Å². The lowest BCUT2D eigenvalue weighted by Crippen LogP contribution is -2.62. The maximum atomic E-state index is 13.5. The number of hydrogen-bond donors (Lipinski definition) is 3. The second-order valence-corrected chi connectivity index (χ2v) is 20.0. The van der Waals surface area contributed by atoms with Crippen LogP contribution in [0, 0.1) is 11.8 Å². The van der Waals surface area contributed by atoms with Crippen molar-refractivity contribution in [2.24, 2.45) is 18.9 Å². The normalized spacial score (nSPS) is 24.1. The van der Waals surface area contributed by atoms with Crippen molar-refractivity contribution >= 4 is 51.0 Å². The molecule has 356 valence electrons. The van der Waals surface area contributed by atoms with Crippen LogP contribution in [-0.2, 0) is 33.2 Å². The number of aliphatic hydroxyl groups is 1. The number of imidazole rings is 1. The van der Waals surface area contributed by atoms with Crippen LogP contribution < -0.4 is 21.2 Å². The van der Waals surface area contributed by atoms with Crippen LogP contribution in [0.2, 0.25) is 0 Å². The number of benzene rings is 2. The number of likely N-dealkylation sites (tertiary alicyclic amines) is 1. The lowest BCUT2D eigenvalue weighted by Gasteiger charge is -2.49. The van der Waals surface area contributed by atoms with E-state index in [1.165, 1.54) is 6.07 Å². The number of fused-ring (bicyclic) bond motifs is 2. The highest BCUT2D eigenvalue weighted by Crippen LogP contribution is 2.42. The van der Waals surface area contributed by atoms with Crippen molar-refractivity contribution in [1.29, 1.82) is 0 Å². The summed E-state index contributed by atoms with van der Waals surface area (Å²) < 4.78 is 51.6. The monoisotopic (exact) mass is 926 g/mol. The number of ether oxygens (including phenoxy) is 1. The molecular weight excluding hydrogens is 870 g/mol. The van der Waals surface area contributed by atoms with Crippen LogP contribution in [0.1, 0.15) is 92.6 Å². The molecule has 67 heavy (non-hydrogen) atoms. The predicted octanol–water partition coefficient (Wildman–Crippen LogP) is 5.21. The molecule has 3 aromatic heterocycles. The van der Waals surface area contributed by atoms with Crippen molar-refractivity contribution in [2.75, 3.05) is 69.2 Å². The highest BCUT2D eigenvalue weighted by Gasteiger charge is 2.50. The standard InChI is InChI=1S/C48H57F3N10O6/c1-46(2,66)33-21-35-31(20-36(33)53-43(63)34-6-4-9-40(52-34)48(49,50)51)25-60(55-35)32-12-10-29(11-13-32)23-58-27-47(28-58)22-30(26-67-47)24-57-16-18-59(19-17-57)37-7-5-8-38-42(37)56(3)45(65)61(38)39-14-15-41(62)54-44(39)64/h4-9,20-21,25,29-30,32,39,66H,10-19,22-24,26-28H2,1-3H3,(H,53,63)(H,54,62,64)/t29-,30?,32-,39?. The largest absolute Gasteiger partial charge is 0.433 e. The van der Waals surface area contributed by atoms with Gasteiger partial charge in [0, 0.05) is 88.7 Å². The number of carbonyl (C=O) groups excluding carboxylic acids is 3. The van der Waals surface area contributed by atoms with E-state index in [0.717, 1.165) is 120 Å². The Balaban J connectivity index is 0.695. The van der Waals surface area contributed by atoms with Crippen molar-refractivity contribution in [1.82, 2.24) is 39.0 Å². The van der Waals surface area contributed by atoms with Crippen molar-refractivity contribution in [3.63, 3.8) is 0 Å². The molecule has 3 amide bonds. The number of carbonyl (C=O) groups is 3. The van der Waals surface area contributed by atoms with Crippen molar-refractivity contribution < 1.29 is 37.4 Å². The smallest absolute Gasteiger partial charge is 0.386 e. The zero-order chi connectivity index (χ0) is 47.0. The molecular formula is C48H57F3N10O6. The lowest BCUT2D eigenvalue weighted by atomic mass is 9.82. The summed E-state index contributed by atoms with van der Waals surface area (Å²) in [7, 11) is 1.75. The zero-order valence-corrected chi connectivity index (χ0v) is 38.0. The van der Waals surface area contributed by atoms with E-state index in [9.17, 15) is 37.5 Å². The van der Waals surface area contributed by atoms with Crippen LogP contribution in [0.4, 0.5) is 24.5 Å². The van der Waals surface area contributed by atoms with E-state index < -0.39 is 35.3 Å². The first-order valence-corrected chi connectivity index (χ1v) is 23.4. The summed E-state index contributed by atoms with van der Waals surface area (Å²) in [5, 5.41) is 21.7. The molecule has 0 radical (unpaired) electrons. The number of nitrogens with zero attached hydrogens (tertiary/aromatic N) is 8. The zero-order valence-electron chi connectivity index (χ0n) is 38.0. The Kier molecular flexibility index (Phi) is 11.6. The van der Waals surface area contributed by atoms with E-state index in [1.54, 1.807) is 42.2 Å². The number of para-hydroxylation sites is 1. The Morgan fingerprint density at radius 3 is 2.39 bits per heavy atom.